The van der Waals surface area contributed by atoms with Crippen molar-refractivity contribution in [1.29, 1.82) is 0 Å². The Morgan fingerprint density at radius 2 is 1.50 bits per heavy atom. The maximum atomic E-state index is 14.1. The molecule has 3 nitrogen and oxygen atoms in total. The molecule has 0 bridgehead atoms. The smallest absolute Gasteiger partial charge is 0.338 e. The molecular weight excluding hydrogens is 295 g/mol. The number of rotatable bonds is 3. The van der Waals surface area contributed by atoms with Crippen molar-refractivity contribution in [3.8, 4) is 0 Å². The minimum Gasteiger partial charge on any atom is -0.465 e. The largest absolute Gasteiger partial charge is 0.465 e. The second-order valence-electron chi connectivity index (χ2n) is 6.12. The van der Waals surface area contributed by atoms with E-state index in [0.29, 0.717) is 10.9 Å². The lowest BCUT2D eigenvalue weighted by Crippen LogP contribution is -2.33. The lowest BCUT2D eigenvalue weighted by molar-refractivity contribution is 0.0602. The van der Waals surface area contributed by atoms with Crippen molar-refractivity contribution in [1.82, 2.24) is 0 Å². The molecule has 0 amide bonds. The lowest BCUT2D eigenvalue weighted by Gasteiger charge is -2.33. The molecule has 0 aliphatic carbocycles. The van der Waals surface area contributed by atoms with Crippen LogP contribution in [0, 0.1) is 0 Å². The topological polar surface area (TPSA) is 43.4 Å². The number of hydrogen-bond donors (Lipinski definition) is 0. The van der Waals surface area contributed by atoms with Crippen LogP contribution in [0.2, 0.25) is 0 Å². The second-order valence-corrected chi connectivity index (χ2v) is 9.68. The molecule has 0 aliphatic heterocycles. The minimum atomic E-state index is -3.01. The third-order valence-electron chi connectivity index (χ3n) is 3.71. The van der Waals surface area contributed by atoms with Crippen molar-refractivity contribution < 1.29 is 14.1 Å². The molecule has 1 atom stereocenters. The van der Waals surface area contributed by atoms with E-state index in [-0.39, 0.29) is 0 Å². The quantitative estimate of drug-likeness (QED) is 0.642. The molecule has 116 valence electrons. The van der Waals surface area contributed by atoms with E-state index in [2.05, 4.69) is 0 Å². The van der Waals surface area contributed by atoms with Crippen LogP contribution in [0.1, 0.15) is 31.1 Å². The van der Waals surface area contributed by atoms with Gasteiger partial charge in [-0.05, 0) is 6.07 Å². The van der Waals surface area contributed by atoms with Crippen LogP contribution >= 0.6 is 7.14 Å². The predicted octanol–water partition coefficient (Wildman–Crippen LogP) is 3.59. The number of methoxy groups -OCH3 is 1. The van der Waals surface area contributed by atoms with Gasteiger partial charge in [0.05, 0.1) is 12.7 Å². The van der Waals surface area contributed by atoms with Gasteiger partial charge in [-0.3, -0.25) is 0 Å². The van der Waals surface area contributed by atoms with Crippen LogP contribution in [-0.2, 0) is 9.30 Å². The van der Waals surface area contributed by atoms with Crippen molar-refractivity contribution in [2.75, 3.05) is 7.11 Å². The first kappa shape index (κ1) is 16.5. The highest BCUT2D eigenvalue weighted by atomic mass is 31.2. The zero-order chi connectivity index (χ0) is 16.4. The van der Waals surface area contributed by atoms with Crippen LogP contribution in [0.5, 0.6) is 0 Å². The first-order chi connectivity index (χ1) is 10.3. The Morgan fingerprint density at radius 1 is 0.955 bits per heavy atom. The molecule has 0 aliphatic rings. The molecule has 0 heterocycles. The van der Waals surface area contributed by atoms with Crippen LogP contribution in [0.25, 0.3) is 0 Å². The van der Waals surface area contributed by atoms with E-state index in [4.69, 9.17) is 4.74 Å². The standard InChI is InChI=1S/C18H21O3P/c1-18(2,3)22(20,14-10-6-5-7-11-14)16-13-9-8-12-15(16)17(19)21-4/h5-13H,1-4H3. The van der Waals surface area contributed by atoms with Crippen LogP contribution in [0.15, 0.2) is 54.6 Å². The normalized spacial score (nSPS) is 14.2. The molecule has 0 saturated heterocycles. The Hall–Kier alpha value is -1.86. The lowest BCUT2D eigenvalue weighted by atomic mass is 10.2. The van der Waals surface area contributed by atoms with E-state index in [1.165, 1.54) is 7.11 Å². The first-order valence-electron chi connectivity index (χ1n) is 7.16. The molecule has 0 aromatic heterocycles. The summed E-state index contributed by atoms with van der Waals surface area (Å²) in [7, 11) is -1.68. The van der Waals surface area contributed by atoms with E-state index in [1.54, 1.807) is 18.2 Å². The molecule has 0 N–H and O–H groups in total. The van der Waals surface area contributed by atoms with E-state index in [1.807, 2.05) is 57.2 Å². The van der Waals surface area contributed by atoms with Crippen molar-refractivity contribution in [3.05, 3.63) is 60.2 Å². The van der Waals surface area contributed by atoms with E-state index < -0.39 is 18.3 Å². The van der Waals surface area contributed by atoms with Crippen molar-refractivity contribution in [2.24, 2.45) is 0 Å². The summed E-state index contributed by atoms with van der Waals surface area (Å²) in [5.74, 6) is -0.462. The summed E-state index contributed by atoms with van der Waals surface area (Å²) >= 11 is 0. The molecule has 0 saturated carbocycles. The van der Waals surface area contributed by atoms with Gasteiger partial charge in [-0.25, -0.2) is 4.79 Å². The highest BCUT2D eigenvalue weighted by Gasteiger charge is 2.42. The van der Waals surface area contributed by atoms with Crippen molar-refractivity contribution in [2.45, 2.75) is 25.9 Å². The molecule has 2 aromatic rings. The van der Waals surface area contributed by atoms with Gasteiger partial charge in [-0.1, -0.05) is 69.3 Å². The van der Waals surface area contributed by atoms with Gasteiger partial charge >= 0.3 is 5.97 Å². The fourth-order valence-corrected chi connectivity index (χ4v) is 5.72. The maximum absolute atomic E-state index is 14.1. The molecule has 0 fully saturated rings. The molecule has 22 heavy (non-hydrogen) atoms. The summed E-state index contributed by atoms with van der Waals surface area (Å²) in [5, 5.41) is 0.790. The van der Waals surface area contributed by atoms with Crippen LogP contribution in [0.4, 0.5) is 0 Å². The molecule has 1 unspecified atom stereocenters. The fourth-order valence-electron chi connectivity index (χ4n) is 2.56. The average Bonchev–Trinajstić information content (AvgIpc) is 2.53. The van der Waals surface area contributed by atoms with E-state index in [9.17, 15) is 9.36 Å². The first-order valence-corrected chi connectivity index (χ1v) is 8.86. The van der Waals surface area contributed by atoms with Gasteiger partial charge in [-0.15, -0.1) is 0 Å². The third-order valence-corrected chi connectivity index (χ3v) is 7.70. The zero-order valence-electron chi connectivity index (χ0n) is 13.4. The molecule has 0 spiro atoms. The van der Waals surface area contributed by atoms with Gasteiger partial charge in [0.15, 0.2) is 0 Å². The highest BCUT2D eigenvalue weighted by molar-refractivity contribution is 7.80. The Balaban J connectivity index is 2.79. The predicted molar refractivity (Wildman–Crippen MR) is 90.9 cm³/mol. The van der Waals surface area contributed by atoms with E-state index >= 15 is 0 Å². The minimum absolute atomic E-state index is 0.368. The number of benzene rings is 2. The molecular formula is C18H21O3P. The summed E-state index contributed by atoms with van der Waals surface area (Å²) in [5.41, 5.74) is 0.368. The average molecular weight is 316 g/mol. The maximum Gasteiger partial charge on any atom is 0.338 e. The van der Waals surface area contributed by atoms with Gasteiger partial charge in [0.2, 0.25) is 0 Å². The van der Waals surface area contributed by atoms with Crippen LogP contribution in [-0.4, -0.2) is 18.2 Å². The third kappa shape index (κ3) is 2.74. The SMILES string of the molecule is COC(=O)c1ccccc1P(=O)(c1ccccc1)C(C)(C)C. The Labute approximate surface area is 131 Å². The Kier molecular flexibility index (Phi) is 4.58. The van der Waals surface area contributed by atoms with Crippen molar-refractivity contribution >= 4 is 23.7 Å². The molecule has 2 rings (SSSR count). The van der Waals surface area contributed by atoms with E-state index in [0.717, 1.165) is 5.30 Å². The number of ether oxygens (including phenoxy) is 1. The Bertz CT molecular complexity index is 715. The van der Waals surface area contributed by atoms with Gasteiger partial charge in [0, 0.05) is 15.8 Å². The zero-order valence-corrected chi connectivity index (χ0v) is 14.3. The van der Waals surface area contributed by atoms with Gasteiger partial charge < -0.3 is 9.30 Å². The van der Waals surface area contributed by atoms with Gasteiger partial charge in [0.25, 0.3) is 0 Å². The van der Waals surface area contributed by atoms with Crippen molar-refractivity contribution in [3.63, 3.8) is 0 Å². The van der Waals surface area contributed by atoms with Crippen LogP contribution in [0.3, 0.4) is 0 Å². The summed E-state index contributed by atoms with van der Waals surface area (Å²) < 4.78 is 18.9. The number of esters is 1. The summed E-state index contributed by atoms with van der Waals surface area (Å²) in [4.78, 5) is 12.1. The number of carbonyl (C=O) groups excluding carboxylic acids is 1. The number of hydrogen-bond acceptors (Lipinski definition) is 3. The second kappa shape index (κ2) is 6.10. The van der Waals surface area contributed by atoms with Gasteiger partial charge in [-0.2, -0.15) is 0 Å². The summed E-state index contributed by atoms with van der Waals surface area (Å²) in [6.45, 7) is 5.82. The Morgan fingerprint density at radius 3 is 2.05 bits per heavy atom. The summed E-state index contributed by atoms with van der Waals surface area (Å²) in [6.07, 6.45) is 0. The fraction of sp³-hybridized carbons (Fsp3) is 0.278. The highest BCUT2D eigenvalue weighted by Crippen LogP contribution is 2.56. The van der Waals surface area contributed by atoms with Gasteiger partial charge in [0.1, 0.15) is 7.14 Å². The number of carbonyl (C=O) groups is 1. The monoisotopic (exact) mass is 316 g/mol. The molecule has 2 aromatic carbocycles. The molecule has 4 heteroatoms. The molecule has 0 radical (unpaired) electrons. The van der Waals surface area contributed by atoms with Crippen LogP contribution < -0.4 is 10.6 Å². The summed E-state index contributed by atoms with van der Waals surface area (Å²) in [6, 6.07) is 16.4.